The number of pyridine rings is 1. The van der Waals surface area contributed by atoms with E-state index in [1.165, 1.54) is 0 Å². The lowest BCUT2D eigenvalue weighted by molar-refractivity contribution is 0.102. The highest BCUT2D eigenvalue weighted by molar-refractivity contribution is 6.32. The number of hydrogen-bond acceptors (Lipinski definition) is 5. The Hall–Kier alpha value is -2.31. The van der Waals surface area contributed by atoms with Gasteiger partial charge < -0.3 is 19.9 Å². The van der Waals surface area contributed by atoms with Gasteiger partial charge in [-0.3, -0.25) is 9.78 Å². The normalized spacial score (nSPS) is 15.0. The molecule has 1 saturated heterocycles. The number of aromatic nitrogens is 1. The summed E-state index contributed by atoms with van der Waals surface area (Å²) >= 11 is 6.11. The zero-order valence-electron chi connectivity index (χ0n) is 15.0. The second-order valence-electron chi connectivity index (χ2n) is 6.12. The number of nitrogens with one attached hydrogen (secondary N) is 1. The fraction of sp³-hybridized carbons (Fsp3) is 0.368. The van der Waals surface area contributed by atoms with Crippen LogP contribution in [0.25, 0.3) is 0 Å². The second kappa shape index (κ2) is 8.38. The van der Waals surface area contributed by atoms with E-state index in [1.807, 2.05) is 12.1 Å². The number of ether oxygens (including phenoxy) is 1. The number of piperazine rings is 1. The van der Waals surface area contributed by atoms with Crippen molar-refractivity contribution in [3.05, 3.63) is 47.2 Å². The number of hydrogen-bond donors (Lipinski definition) is 1. The molecular weight excluding hydrogens is 352 g/mol. The zero-order valence-corrected chi connectivity index (χ0v) is 15.8. The highest BCUT2D eigenvalue weighted by Crippen LogP contribution is 2.27. The van der Waals surface area contributed by atoms with Crippen LogP contribution in [0.1, 0.15) is 17.4 Å². The molecule has 0 saturated carbocycles. The number of rotatable bonds is 5. The summed E-state index contributed by atoms with van der Waals surface area (Å²) in [6.45, 7) is 7.22. The monoisotopic (exact) mass is 374 g/mol. The Morgan fingerprint density at radius 1 is 1.23 bits per heavy atom. The first-order valence-electron chi connectivity index (χ1n) is 8.69. The minimum absolute atomic E-state index is 0.264. The van der Waals surface area contributed by atoms with Crippen molar-refractivity contribution < 1.29 is 9.53 Å². The molecular formula is C19H23ClN4O2. The standard InChI is InChI=1S/C19H23ClN4O2/c1-3-23-8-10-24(11-9-23)15-6-7-21-17(13-15)19(25)22-14-4-5-18(26-2)16(20)12-14/h4-7,12-13H,3,8-11H2,1-2H3,(H,22,25). The van der Waals surface area contributed by atoms with Gasteiger partial charge in [0.05, 0.1) is 12.1 Å². The van der Waals surface area contributed by atoms with Crippen LogP contribution in [-0.2, 0) is 0 Å². The summed E-state index contributed by atoms with van der Waals surface area (Å²) in [5.41, 5.74) is 2.01. The first-order valence-corrected chi connectivity index (χ1v) is 9.06. The molecule has 0 atom stereocenters. The number of benzene rings is 1. The van der Waals surface area contributed by atoms with Crippen LogP contribution in [-0.4, -0.2) is 55.6 Å². The van der Waals surface area contributed by atoms with E-state index in [9.17, 15) is 4.79 Å². The Kier molecular flexibility index (Phi) is 5.96. The van der Waals surface area contributed by atoms with Gasteiger partial charge in [0, 0.05) is 43.8 Å². The van der Waals surface area contributed by atoms with Crippen LogP contribution in [0, 0.1) is 0 Å². The first-order chi connectivity index (χ1) is 12.6. The van der Waals surface area contributed by atoms with Gasteiger partial charge in [0.2, 0.25) is 0 Å². The summed E-state index contributed by atoms with van der Waals surface area (Å²) in [7, 11) is 1.55. The summed E-state index contributed by atoms with van der Waals surface area (Å²) in [5, 5.41) is 3.27. The molecule has 1 aromatic heterocycles. The minimum Gasteiger partial charge on any atom is -0.495 e. The molecule has 138 valence electrons. The average molecular weight is 375 g/mol. The third-order valence-electron chi connectivity index (χ3n) is 4.57. The fourth-order valence-corrected chi connectivity index (χ4v) is 3.26. The molecule has 1 aromatic carbocycles. The summed E-state index contributed by atoms with van der Waals surface area (Å²) in [5.74, 6) is 0.302. The second-order valence-corrected chi connectivity index (χ2v) is 6.53. The van der Waals surface area contributed by atoms with Crippen molar-refractivity contribution in [2.75, 3.05) is 50.1 Å². The Morgan fingerprint density at radius 3 is 2.65 bits per heavy atom. The van der Waals surface area contributed by atoms with E-state index in [0.29, 0.717) is 22.2 Å². The van der Waals surface area contributed by atoms with Gasteiger partial charge in [-0.1, -0.05) is 18.5 Å². The van der Waals surface area contributed by atoms with Crippen LogP contribution in [0.15, 0.2) is 36.5 Å². The Balaban J connectivity index is 1.69. The molecule has 1 aliphatic heterocycles. The Morgan fingerprint density at radius 2 is 2.00 bits per heavy atom. The van der Waals surface area contributed by atoms with Gasteiger partial charge in [-0.2, -0.15) is 0 Å². The van der Waals surface area contributed by atoms with Crippen molar-refractivity contribution in [3.63, 3.8) is 0 Å². The predicted octanol–water partition coefficient (Wildman–Crippen LogP) is 3.14. The lowest BCUT2D eigenvalue weighted by Gasteiger charge is -2.35. The summed E-state index contributed by atoms with van der Waals surface area (Å²) in [6, 6.07) is 8.91. The van der Waals surface area contributed by atoms with Crippen LogP contribution >= 0.6 is 11.6 Å². The predicted molar refractivity (Wildman–Crippen MR) is 105 cm³/mol. The van der Waals surface area contributed by atoms with Crippen molar-refractivity contribution in [2.45, 2.75) is 6.92 Å². The van der Waals surface area contributed by atoms with Gasteiger partial charge in [-0.05, 0) is 36.9 Å². The smallest absolute Gasteiger partial charge is 0.274 e. The van der Waals surface area contributed by atoms with Gasteiger partial charge in [-0.15, -0.1) is 0 Å². The van der Waals surface area contributed by atoms with Crippen molar-refractivity contribution in [3.8, 4) is 5.75 Å². The maximum atomic E-state index is 12.5. The largest absolute Gasteiger partial charge is 0.495 e. The van der Waals surface area contributed by atoms with Crippen LogP contribution in [0.3, 0.4) is 0 Å². The molecule has 1 amide bonds. The highest BCUT2D eigenvalue weighted by atomic mass is 35.5. The molecule has 0 bridgehead atoms. The van der Waals surface area contributed by atoms with E-state index >= 15 is 0 Å². The molecule has 3 rings (SSSR count). The number of anilines is 2. The van der Waals surface area contributed by atoms with Crippen LogP contribution < -0.4 is 15.0 Å². The van der Waals surface area contributed by atoms with E-state index in [-0.39, 0.29) is 5.91 Å². The van der Waals surface area contributed by atoms with Gasteiger partial charge in [0.15, 0.2) is 0 Å². The zero-order chi connectivity index (χ0) is 18.5. The molecule has 2 heterocycles. The molecule has 0 unspecified atom stereocenters. The molecule has 26 heavy (non-hydrogen) atoms. The Labute approximate surface area is 158 Å². The van der Waals surface area contributed by atoms with Crippen LogP contribution in [0.2, 0.25) is 5.02 Å². The summed E-state index contributed by atoms with van der Waals surface area (Å²) in [4.78, 5) is 21.5. The molecule has 6 nitrogen and oxygen atoms in total. The summed E-state index contributed by atoms with van der Waals surface area (Å²) < 4.78 is 5.12. The first kappa shape index (κ1) is 18.5. The molecule has 1 aliphatic rings. The number of amides is 1. The maximum absolute atomic E-state index is 12.5. The fourth-order valence-electron chi connectivity index (χ4n) is 3.00. The van der Waals surface area contributed by atoms with Gasteiger partial charge in [0.25, 0.3) is 5.91 Å². The van der Waals surface area contributed by atoms with Gasteiger partial charge >= 0.3 is 0 Å². The number of carbonyl (C=O) groups excluding carboxylic acids is 1. The number of carbonyl (C=O) groups is 1. The molecule has 7 heteroatoms. The van der Waals surface area contributed by atoms with Gasteiger partial charge in [0.1, 0.15) is 11.4 Å². The lowest BCUT2D eigenvalue weighted by atomic mass is 10.2. The van der Waals surface area contributed by atoms with Crippen molar-refractivity contribution in [2.24, 2.45) is 0 Å². The minimum atomic E-state index is -0.264. The molecule has 0 aliphatic carbocycles. The SMILES string of the molecule is CCN1CCN(c2ccnc(C(=O)Nc3ccc(OC)c(Cl)c3)c2)CC1. The third-order valence-corrected chi connectivity index (χ3v) is 4.87. The topological polar surface area (TPSA) is 57.7 Å². The third kappa shape index (κ3) is 4.26. The molecule has 1 N–H and O–H groups in total. The number of nitrogens with zero attached hydrogens (tertiary/aromatic N) is 3. The van der Waals surface area contributed by atoms with E-state index < -0.39 is 0 Å². The number of halogens is 1. The van der Waals surface area contributed by atoms with Crippen molar-refractivity contribution in [1.82, 2.24) is 9.88 Å². The van der Waals surface area contributed by atoms with E-state index in [1.54, 1.807) is 31.5 Å². The van der Waals surface area contributed by atoms with Gasteiger partial charge in [-0.25, -0.2) is 0 Å². The van der Waals surface area contributed by atoms with Crippen molar-refractivity contribution in [1.29, 1.82) is 0 Å². The molecule has 0 radical (unpaired) electrons. The molecule has 0 spiro atoms. The molecule has 1 fully saturated rings. The molecule has 2 aromatic rings. The Bertz CT molecular complexity index is 776. The lowest BCUT2D eigenvalue weighted by Crippen LogP contribution is -2.46. The van der Waals surface area contributed by atoms with Crippen LogP contribution in [0.4, 0.5) is 11.4 Å². The van der Waals surface area contributed by atoms with E-state index in [4.69, 9.17) is 16.3 Å². The van der Waals surface area contributed by atoms with E-state index in [0.717, 1.165) is 38.4 Å². The van der Waals surface area contributed by atoms with Crippen LogP contribution in [0.5, 0.6) is 5.75 Å². The highest BCUT2D eigenvalue weighted by Gasteiger charge is 2.17. The maximum Gasteiger partial charge on any atom is 0.274 e. The van der Waals surface area contributed by atoms with Crippen molar-refractivity contribution >= 4 is 28.9 Å². The average Bonchev–Trinajstić information content (AvgIpc) is 2.68. The summed E-state index contributed by atoms with van der Waals surface area (Å²) in [6.07, 6.45) is 1.68. The number of likely N-dealkylation sites (N-methyl/N-ethyl adjacent to an activating group) is 1. The quantitative estimate of drug-likeness (QED) is 0.871. The van der Waals surface area contributed by atoms with E-state index in [2.05, 4.69) is 27.0 Å². The number of methoxy groups -OCH3 is 1.